The van der Waals surface area contributed by atoms with Gasteiger partial charge in [0.25, 0.3) is 5.91 Å². The molecule has 3 N–H and O–H groups in total. The number of carbonyl (C=O) groups excluding carboxylic acids is 2. The van der Waals surface area contributed by atoms with E-state index in [4.69, 9.17) is 22.1 Å². The Morgan fingerprint density at radius 1 is 1.44 bits per heavy atom. The highest BCUT2D eigenvalue weighted by atomic mass is 35.5. The molecule has 18 heavy (non-hydrogen) atoms. The highest BCUT2D eigenvalue weighted by Crippen LogP contribution is 2.18. The molecule has 1 aromatic rings. The topological polar surface area (TPSA) is 81.4 Å². The van der Waals surface area contributed by atoms with Crippen molar-refractivity contribution in [3.63, 3.8) is 0 Å². The summed E-state index contributed by atoms with van der Waals surface area (Å²) in [6.07, 6.45) is 0.125. The van der Waals surface area contributed by atoms with Gasteiger partial charge in [0.1, 0.15) is 0 Å². The average molecular weight is 271 g/mol. The number of anilines is 1. The second-order valence-corrected chi connectivity index (χ2v) is 3.96. The minimum atomic E-state index is -0.364. The van der Waals surface area contributed by atoms with Crippen molar-refractivity contribution in [2.45, 2.75) is 13.3 Å². The molecule has 0 spiro atoms. The van der Waals surface area contributed by atoms with E-state index in [2.05, 4.69) is 5.32 Å². The number of carbonyl (C=O) groups is 2. The average Bonchev–Trinajstić information content (AvgIpc) is 2.32. The van der Waals surface area contributed by atoms with E-state index >= 15 is 0 Å². The first kappa shape index (κ1) is 14.3. The zero-order chi connectivity index (χ0) is 13.5. The van der Waals surface area contributed by atoms with Gasteiger partial charge in [-0.05, 0) is 25.1 Å². The van der Waals surface area contributed by atoms with Crippen LogP contribution >= 0.6 is 11.6 Å². The third-order valence-electron chi connectivity index (χ3n) is 2.16. The van der Waals surface area contributed by atoms with Crippen LogP contribution in [0.25, 0.3) is 0 Å². The highest BCUT2D eigenvalue weighted by Gasteiger charge is 2.11. The van der Waals surface area contributed by atoms with Gasteiger partial charge >= 0.3 is 5.97 Å². The number of nitrogens with two attached hydrogens (primary N) is 1. The molecule has 6 heteroatoms. The lowest BCUT2D eigenvalue weighted by atomic mass is 10.2. The maximum Gasteiger partial charge on any atom is 0.307 e. The quantitative estimate of drug-likeness (QED) is 0.629. The Kier molecular flexibility index (Phi) is 5.45. The van der Waals surface area contributed by atoms with Crippen LogP contribution in [0.15, 0.2) is 18.2 Å². The molecule has 0 aromatic heterocycles. The zero-order valence-electron chi connectivity index (χ0n) is 10.0. The van der Waals surface area contributed by atoms with Crippen LogP contribution in [0.2, 0.25) is 5.02 Å². The number of hydrogen-bond donors (Lipinski definition) is 2. The van der Waals surface area contributed by atoms with Gasteiger partial charge < -0.3 is 15.8 Å². The molecule has 1 rings (SSSR count). The smallest absolute Gasteiger partial charge is 0.307 e. The first-order chi connectivity index (χ1) is 8.54. The molecule has 0 radical (unpaired) electrons. The molecule has 0 bridgehead atoms. The lowest BCUT2D eigenvalue weighted by Crippen LogP contribution is -2.26. The first-order valence-corrected chi connectivity index (χ1v) is 5.91. The highest BCUT2D eigenvalue weighted by molar-refractivity contribution is 6.34. The van der Waals surface area contributed by atoms with Gasteiger partial charge in [-0.1, -0.05) is 11.6 Å². The molecule has 0 aliphatic rings. The zero-order valence-corrected chi connectivity index (χ0v) is 10.8. The van der Waals surface area contributed by atoms with E-state index in [0.29, 0.717) is 22.9 Å². The van der Waals surface area contributed by atoms with Crippen molar-refractivity contribution < 1.29 is 14.3 Å². The number of benzene rings is 1. The third kappa shape index (κ3) is 4.25. The predicted octanol–water partition coefficient (Wildman–Crippen LogP) is 1.61. The lowest BCUT2D eigenvalue weighted by Gasteiger charge is -2.07. The van der Waals surface area contributed by atoms with E-state index in [1.54, 1.807) is 19.1 Å². The molecule has 0 saturated carbocycles. The monoisotopic (exact) mass is 270 g/mol. The van der Waals surface area contributed by atoms with Crippen LogP contribution < -0.4 is 11.1 Å². The van der Waals surface area contributed by atoms with E-state index in [-0.39, 0.29) is 24.8 Å². The molecule has 98 valence electrons. The van der Waals surface area contributed by atoms with Crippen molar-refractivity contribution in [3.05, 3.63) is 28.8 Å². The molecule has 1 amide bonds. The Morgan fingerprint density at radius 2 is 2.17 bits per heavy atom. The molecule has 0 saturated heterocycles. The molecule has 0 aliphatic carbocycles. The minimum absolute atomic E-state index is 0.125. The Morgan fingerprint density at radius 3 is 2.83 bits per heavy atom. The summed E-state index contributed by atoms with van der Waals surface area (Å²) in [5.41, 5.74) is 6.31. The van der Waals surface area contributed by atoms with Gasteiger partial charge in [0.2, 0.25) is 0 Å². The Bertz CT molecular complexity index is 449. The number of rotatable bonds is 5. The van der Waals surface area contributed by atoms with E-state index in [9.17, 15) is 9.59 Å². The molecule has 1 aromatic carbocycles. The van der Waals surface area contributed by atoms with Crippen LogP contribution in [0.1, 0.15) is 23.7 Å². The SMILES string of the molecule is CCOC(=O)CCNC(=O)c1cc(N)ccc1Cl. The molecule has 0 unspecified atom stereocenters. The standard InChI is InChI=1S/C12H15ClN2O3/c1-2-18-11(16)5-6-15-12(17)9-7-8(14)3-4-10(9)13/h3-4,7H,2,5-6,14H2,1H3,(H,15,17). The number of nitrogens with one attached hydrogen (secondary N) is 1. The molecule has 0 heterocycles. The van der Waals surface area contributed by atoms with Crippen molar-refractivity contribution in [3.8, 4) is 0 Å². The molecular formula is C12H15ClN2O3. The largest absolute Gasteiger partial charge is 0.466 e. The van der Waals surface area contributed by atoms with Gasteiger partial charge in [-0.3, -0.25) is 9.59 Å². The molecule has 0 aliphatic heterocycles. The summed E-state index contributed by atoms with van der Waals surface area (Å²) in [6, 6.07) is 4.65. The summed E-state index contributed by atoms with van der Waals surface area (Å²) in [5, 5.41) is 2.89. The second-order valence-electron chi connectivity index (χ2n) is 3.55. The maximum absolute atomic E-state index is 11.8. The summed E-state index contributed by atoms with van der Waals surface area (Å²) in [6.45, 7) is 2.25. The van der Waals surface area contributed by atoms with Crippen molar-refractivity contribution in [1.29, 1.82) is 0 Å². The molecule has 0 atom stereocenters. The van der Waals surface area contributed by atoms with Crippen LogP contribution in [0, 0.1) is 0 Å². The summed E-state index contributed by atoms with van der Waals surface area (Å²) in [7, 11) is 0. The number of esters is 1. The number of ether oxygens (including phenoxy) is 1. The summed E-state index contributed by atoms with van der Waals surface area (Å²) in [5.74, 6) is -0.715. The van der Waals surface area contributed by atoms with Crippen LogP contribution in [-0.4, -0.2) is 25.0 Å². The Labute approximate surface area is 110 Å². The Hall–Kier alpha value is -1.75. The Balaban J connectivity index is 2.50. The number of nitrogen functional groups attached to an aromatic ring is 1. The van der Waals surface area contributed by atoms with Gasteiger partial charge in [0, 0.05) is 12.2 Å². The van der Waals surface area contributed by atoms with Crippen molar-refractivity contribution in [2.75, 3.05) is 18.9 Å². The lowest BCUT2D eigenvalue weighted by molar-refractivity contribution is -0.142. The molecule has 0 fully saturated rings. The van der Waals surface area contributed by atoms with Crippen LogP contribution in [-0.2, 0) is 9.53 Å². The minimum Gasteiger partial charge on any atom is -0.466 e. The van der Waals surface area contributed by atoms with Gasteiger partial charge in [0.15, 0.2) is 0 Å². The molecular weight excluding hydrogens is 256 g/mol. The molecule has 5 nitrogen and oxygen atoms in total. The maximum atomic E-state index is 11.8. The summed E-state index contributed by atoms with van der Waals surface area (Å²) < 4.78 is 4.74. The van der Waals surface area contributed by atoms with Crippen molar-refractivity contribution in [1.82, 2.24) is 5.32 Å². The van der Waals surface area contributed by atoms with E-state index in [1.807, 2.05) is 0 Å². The fourth-order valence-corrected chi connectivity index (χ4v) is 1.53. The van der Waals surface area contributed by atoms with Gasteiger partial charge in [-0.15, -0.1) is 0 Å². The second kappa shape index (κ2) is 6.86. The third-order valence-corrected chi connectivity index (χ3v) is 2.48. The fourth-order valence-electron chi connectivity index (χ4n) is 1.32. The number of hydrogen-bond acceptors (Lipinski definition) is 4. The van der Waals surface area contributed by atoms with Crippen LogP contribution in [0.4, 0.5) is 5.69 Å². The van der Waals surface area contributed by atoms with E-state index in [1.165, 1.54) is 6.07 Å². The van der Waals surface area contributed by atoms with Crippen molar-refractivity contribution in [2.24, 2.45) is 0 Å². The predicted molar refractivity (Wildman–Crippen MR) is 69.4 cm³/mol. The summed E-state index contributed by atoms with van der Waals surface area (Å²) in [4.78, 5) is 22.8. The first-order valence-electron chi connectivity index (χ1n) is 5.53. The fraction of sp³-hybridized carbons (Fsp3) is 0.333. The van der Waals surface area contributed by atoms with Gasteiger partial charge in [-0.25, -0.2) is 0 Å². The summed E-state index contributed by atoms with van der Waals surface area (Å²) >= 11 is 5.87. The number of amides is 1. The van der Waals surface area contributed by atoms with Gasteiger partial charge in [-0.2, -0.15) is 0 Å². The van der Waals surface area contributed by atoms with Crippen LogP contribution in [0.3, 0.4) is 0 Å². The van der Waals surface area contributed by atoms with E-state index in [0.717, 1.165) is 0 Å². The van der Waals surface area contributed by atoms with Crippen LogP contribution in [0.5, 0.6) is 0 Å². The number of halogens is 1. The van der Waals surface area contributed by atoms with E-state index < -0.39 is 0 Å². The van der Waals surface area contributed by atoms with Gasteiger partial charge in [0.05, 0.1) is 23.6 Å². The normalized spacial score (nSPS) is 9.89. The van der Waals surface area contributed by atoms with Crippen molar-refractivity contribution >= 4 is 29.2 Å².